The zero-order valence-electron chi connectivity index (χ0n) is 15.8. The summed E-state index contributed by atoms with van der Waals surface area (Å²) in [6.45, 7) is 0.336. The number of para-hydroxylation sites is 2. The maximum atomic E-state index is 12.8. The van der Waals surface area contributed by atoms with Gasteiger partial charge in [-0.15, -0.1) is 0 Å². The topological polar surface area (TPSA) is 77.2 Å². The molecule has 0 unspecified atom stereocenters. The molecule has 1 N–H and O–H groups in total. The quantitative estimate of drug-likeness (QED) is 0.458. The number of nitrogens with zero attached hydrogens (tertiary/aromatic N) is 2. The molecule has 0 spiro atoms. The second kappa shape index (κ2) is 8.79. The molecule has 0 saturated heterocycles. The fraction of sp³-hybridized carbons (Fsp3) is 0.136. The summed E-state index contributed by atoms with van der Waals surface area (Å²) >= 11 is 1.46. The van der Waals surface area contributed by atoms with Crippen LogP contribution in [0.2, 0.25) is 0 Å². The molecule has 2 aromatic carbocycles. The summed E-state index contributed by atoms with van der Waals surface area (Å²) in [6.07, 6.45) is 1.66. The summed E-state index contributed by atoms with van der Waals surface area (Å²) in [7, 11) is 1.56. The summed E-state index contributed by atoms with van der Waals surface area (Å²) in [5, 5.41) is 3.53. The molecule has 4 rings (SSSR count). The van der Waals surface area contributed by atoms with E-state index in [0.29, 0.717) is 29.0 Å². The number of rotatable bonds is 7. The molecular formula is C22H19N3O3S. The van der Waals surface area contributed by atoms with Gasteiger partial charge in [-0.05, 0) is 29.8 Å². The molecule has 2 aromatic heterocycles. The van der Waals surface area contributed by atoms with Crippen LogP contribution in [0.1, 0.15) is 21.5 Å². The molecule has 29 heavy (non-hydrogen) atoms. The van der Waals surface area contributed by atoms with Crippen molar-refractivity contribution < 1.29 is 13.9 Å². The third kappa shape index (κ3) is 4.41. The molecule has 1 amide bonds. The van der Waals surface area contributed by atoms with E-state index >= 15 is 0 Å². The number of hydrogen-bond acceptors (Lipinski definition) is 6. The zero-order valence-corrected chi connectivity index (χ0v) is 16.6. The monoisotopic (exact) mass is 405 g/mol. The minimum absolute atomic E-state index is 0.148. The average Bonchev–Trinajstić information content (AvgIpc) is 3.19. The number of carbonyl (C=O) groups is 1. The number of hydrogen-bond donors (Lipinski definition) is 1. The third-order valence-corrected chi connectivity index (χ3v) is 5.25. The maximum Gasteiger partial charge on any atom is 0.257 e. The molecule has 0 aliphatic heterocycles. The predicted molar refractivity (Wildman–Crippen MR) is 112 cm³/mol. The van der Waals surface area contributed by atoms with E-state index in [1.54, 1.807) is 13.3 Å². The minimum Gasteiger partial charge on any atom is -0.481 e. The number of carbonyl (C=O) groups excluding carboxylic acids is 1. The van der Waals surface area contributed by atoms with Gasteiger partial charge in [0.25, 0.3) is 11.1 Å². The fourth-order valence-corrected chi connectivity index (χ4v) is 3.78. The number of ether oxygens (including phenoxy) is 1. The Morgan fingerprint density at radius 3 is 2.72 bits per heavy atom. The van der Waals surface area contributed by atoms with Crippen molar-refractivity contribution in [3.63, 3.8) is 0 Å². The Bertz CT molecular complexity index is 1110. The van der Waals surface area contributed by atoms with Gasteiger partial charge in [0.2, 0.25) is 5.88 Å². The van der Waals surface area contributed by atoms with E-state index in [4.69, 9.17) is 9.15 Å². The van der Waals surface area contributed by atoms with Gasteiger partial charge in [0.1, 0.15) is 5.52 Å². The Hall–Kier alpha value is -3.32. The lowest BCUT2D eigenvalue weighted by Gasteiger charge is -2.11. The number of benzene rings is 2. The third-order valence-electron chi connectivity index (χ3n) is 4.37. The standard InChI is InChI=1S/C22H19N3O3S/c1-27-21-15(8-6-12-23-21)13-24-20(26)17-9-3-2-7-16(17)14-29-22-25-18-10-4-5-11-19(18)28-22/h2-12H,13-14H2,1H3,(H,24,26). The molecule has 0 radical (unpaired) electrons. The van der Waals surface area contributed by atoms with Gasteiger partial charge in [-0.2, -0.15) is 0 Å². The molecule has 2 heterocycles. The Kier molecular flexibility index (Phi) is 5.76. The van der Waals surface area contributed by atoms with Crippen LogP contribution < -0.4 is 10.1 Å². The fourth-order valence-electron chi connectivity index (χ4n) is 2.93. The lowest BCUT2D eigenvalue weighted by atomic mass is 10.1. The highest BCUT2D eigenvalue weighted by Crippen LogP contribution is 2.27. The Morgan fingerprint density at radius 2 is 1.86 bits per heavy atom. The molecule has 0 atom stereocenters. The maximum absolute atomic E-state index is 12.8. The normalized spacial score (nSPS) is 10.8. The highest BCUT2D eigenvalue weighted by molar-refractivity contribution is 7.98. The first-order valence-corrected chi connectivity index (χ1v) is 10.1. The van der Waals surface area contributed by atoms with E-state index in [1.165, 1.54) is 11.8 Å². The van der Waals surface area contributed by atoms with Gasteiger partial charge >= 0.3 is 0 Å². The molecule has 0 fully saturated rings. The highest BCUT2D eigenvalue weighted by Gasteiger charge is 2.14. The molecule has 0 aliphatic carbocycles. The van der Waals surface area contributed by atoms with Crippen molar-refractivity contribution in [2.75, 3.05) is 7.11 Å². The van der Waals surface area contributed by atoms with Crippen LogP contribution in [0.25, 0.3) is 11.1 Å². The summed E-state index contributed by atoms with van der Waals surface area (Å²) in [6, 6.07) is 18.9. The summed E-state index contributed by atoms with van der Waals surface area (Å²) in [5.41, 5.74) is 3.94. The van der Waals surface area contributed by atoms with Crippen molar-refractivity contribution >= 4 is 28.8 Å². The lowest BCUT2D eigenvalue weighted by Crippen LogP contribution is -2.24. The Morgan fingerprint density at radius 1 is 1.07 bits per heavy atom. The zero-order chi connectivity index (χ0) is 20.1. The average molecular weight is 405 g/mol. The molecule has 6 nitrogen and oxygen atoms in total. The van der Waals surface area contributed by atoms with E-state index in [1.807, 2.05) is 60.7 Å². The van der Waals surface area contributed by atoms with Crippen LogP contribution in [-0.4, -0.2) is 23.0 Å². The smallest absolute Gasteiger partial charge is 0.257 e. The summed E-state index contributed by atoms with van der Waals surface area (Å²) < 4.78 is 11.0. The van der Waals surface area contributed by atoms with E-state index in [0.717, 1.165) is 22.2 Å². The number of nitrogens with one attached hydrogen (secondary N) is 1. The Labute approximate surface area is 172 Å². The van der Waals surface area contributed by atoms with Crippen LogP contribution in [-0.2, 0) is 12.3 Å². The number of methoxy groups -OCH3 is 1. The van der Waals surface area contributed by atoms with E-state index in [9.17, 15) is 4.79 Å². The molecule has 0 bridgehead atoms. The van der Waals surface area contributed by atoms with Gasteiger partial charge in [0.05, 0.1) is 7.11 Å². The molecular weight excluding hydrogens is 386 g/mol. The van der Waals surface area contributed by atoms with Crippen LogP contribution in [0.3, 0.4) is 0 Å². The van der Waals surface area contributed by atoms with Gasteiger partial charge in [-0.25, -0.2) is 9.97 Å². The summed E-state index contributed by atoms with van der Waals surface area (Å²) in [4.78, 5) is 21.4. The molecule has 0 aliphatic rings. The van der Waals surface area contributed by atoms with Crippen molar-refractivity contribution in [1.82, 2.24) is 15.3 Å². The van der Waals surface area contributed by atoms with Crippen molar-refractivity contribution in [1.29, 1.82) is 0 Å². The second-order valence-electron chi connectivity index (χ2n) is 6.25. The van der Waals surface area contributed by atoms with Crippen LogP contribution >= 0.6 is 11.8 Å². The van der Waals surface area contributed by atoms with Gasteiger partial charge < -0.3 is 14.5 Å². The number of fused-ring (bicyclic) bond motifs is 1. The molecule has 7 heteroatoms. The lowest BCUT2D eigenvalue weighted by molar-refractivity contribution is 0.0950. The SMILES string of the molecule is COc1ncccc1CNC(=O)c1ccccc1CSc1nc2ccccc2o1. The van der Waals surface area contributed by atoms with Crippen molar-refractivity contribution in [3.8, 4) is 5.88 Å². The highest BCUT2D eigenvalue weighted by atomic mass is 32.2. The number of oxazole rings is 1. The van der Waals surface area contributed by atoms with Crippen molar-refractivity contribution in [2.45, 2.75) is 17.5 Å². The molecule has 146 valence electrons. The molecule has 4 aromatic rings. The first-order chi connectivity index (χ1) is 14.2. The predicted octanol–water partition coefficient (Wildman–Crippen LogP) is 4.45. The van der Waals surface area contributed by atoms with Crippen LogP contribution in [0.5, 0.6) is 5.88 Å². The summed E-state index contributed by atoms with van der Waals surface area (Å²) in [5.74, 6) is 0.935. The van der Waals surface area contributed by atoms with Gasteiger partial charge in [0, 0.05) is 29.6 Å². The van der Waals surface area contributed by atoms with E-state index in [2.05, 4.69) is 15.3 Å². The van der Waals surface area contributed by atoms with Crippen LogP contribution in [0.4, 0.5) is 0 Å². The molecule has 0 saturated carbocycles. The first kappa shape index (κ1) is 19.0. The van der Waals surface area contributed by atoms with Gasteiger partial charge in [-0.3, -0.25) is 4.79 Å². The first-order valence-electron chi connectivity index (χ1n) is 9.07. The van der Waals surface area contributed by atoms with Crippen molar-refractivity contribution in [2.24, 2.45) is 0 Å². The largest absolute Gasteiger partial charge is 0.481 e. The minimum atomic E-state index is -0.148. The number of pyridine rings is 1. The van der Waals surface area contributed by atoms with E-state index in [-0.39, 0.29) is 5.91 Å². The van der Waals surface area contributed by atoms with Gasteiger partial charge in [-0.1, -0.05) is 48.2 Å². The number of thioether (sulfide) groups is 1. The van der Waals surface area contributed by atoms with E-state index < -0.39 is 0 Å². The van der Waals surface area contributed by atoms with Crippen LogP contribution in [0, 0.1) is 0 Å². The van der Waals surface area contributed by atoms with Crippen molar-refractivity contribution in [3.05, 3.63) is 83.6 Å². The van der Waals surface area contributed by atoms with Crippen LogP contribution in [0.15, 0.2) is 76.5 Å². The Balaban J connectivity index is 1.45. The number of amides is 1. The second-order valence-corrected chi connectivity index (χ2v) is 7.17. The van der Waals surface area contributed by atoms with Gasteiger partial charge in [0.15, 0.2) is 5.58 Å². The number of aromatic nitrogens is 2.